The Balaban J connectivity index is 0.00000101. The van der Waals surface area contributed by atoms with Crippen molar-refractivity contribution in [2.75, 3.05) is 0 Å². The van der Waals surface area contributed by atoms with Crippen molar-refractivity contribution in [3.05, 3.63) is 88.2 Å². The molecule has 0 bridgehead atoms. The summed E-state index contributed by atoms with van der Waals surface area (Å²) < 4.78 is 0. The molecule has 30 heavy (non-hydrogen) atoms. The molecule has 0 saturated carbocycles. The molecule has 3 aromatic rings. The van der Waals surface area contributed by atoms with E-state index in [-0.39, 0.29) is 13.1 Å². The number of hydrogen-bond donors (Lipinski definition) is 0. The third kappa shape index (κ3) is 7.14. The summed E-state index contributed by atoms with van der Waals surface area (Å²) in [6, 6.07) is 18.6. The first-order chi connectivity index (χ1) is 14.3. The second kappa shape index (κ2) is 12.1. The maximum atomic E-state index is 4.85. The molecule has 0 saturated heterocycles. The maximum absolute atomic E-state index is 4.85. The number of aryl methyl sites for hydroxylation is 3. The zero-order valence-corrected chi connectivity index (χ0v) is 20.5. The Bertz CT molecular complexity index is 1000. The summed E-state index contributed by atoms with van der Waals surface area (Å²) in [5, 5.41) is 0. The molecule has 0 spiro atoms. The van der Waals surface area contributed by atoms with Crippen LogP contribution >= 0.6 is 20.2 Å². The van der Waals surface area contributed by atoms with Crippen molar-refractivity contribution in [1.29, 1.82) is 0 Å². The molecule has 0 aliphatic rings. The molecule has 0 amide bonds. The first kappa shape index (κ1) is 24.4. The molecule has 0 fully saturated rings. The van der Waals surface area contributed by atoms with Crippen LogP contribution < -0.4 is 4.98 Å². The van der Waals surface area contributed by atoms with Gasteiger partial charge in [0.2, 0.25) is 0 Å². The van der Waals surface area contributed by atoms with Crippen LogP contribution in [0.1, 0.15) is 47.5 Å². The van der Waals surface area contributed by atoms with Crippen LogP contribution in [0.3, 0.4) is 0 Å². The van der Waals surface area contributed by atoms with Gasteiger partial charge in [-0.1, -0.05) is 60.2 Å². The van der Waals surface area contributed by atoms with Crippen molar-refractivity contribution in [2.45, 2.75) is 41.2 Å². The van der Waals surface area contributed by atoms with Gasteiger partial charge in [-0.3, -0.25) is 9.98 Å². The molecule has 2 aromatic carbocycles. The number of aromatic nitrogens is 1. The van der Waals surface area contributed by atoms with E-state index in [1.807, 2.05) is 44.2 Å². The molecule has 3 rings (SSSR count). The number of aliphatic imine (C=N–C) groups is 2. The molecule has 0 aliphatic carbocycles. The molecule has 0 atom stereocenters. The minimum absolute atomic E-state index is 0.194. The van der Waals surface area contributed by atoms with Gasteiger partial charge in [-0.15, -0.1) is 11.4 Å². The Labute approximate surface area is 194 Å². The van der Waals surface area contributed by atoms with Crippen molar-refractivity contribution >= 4 is 37.3 Å². The Morgan fingerprint density at radius 1 is 0.867 bits per heavy atom. The predicted molar refractivity (Wildman–Crippen MR) is 126 cm³/mol. The molecule has 3 nitrogen and oxygen atoms in total. The topological polar surface area (TPSA) is 38.8 Å². The average Bonchev–Trinajstić information content (AvgIpc) is 3.20. The summed E-state index contributed by atoms with van der Waals surface area (Å²) in [4.78, 5) is 14.3. The van der Waals surface area contributed by atoms with Gasteiger partial charge in [0.1, 0.15) is 0 Å². The molecule has 6 heteroatoms. The first-order valence-corrected chi connectivity index (χ1v) is 12.6. The van der Waals surface area contributed by atoms with Crippen LogP contribution in [0.4, 0.5) is 5.69 Å². The second-order valence-corrected chi connectivity index (χ2v) is 8.92. The number of halogens is 2. The SMILES string of the molecule is CC(=NCc1ccccc1)c1ccc(C(C)=Nc2c(C)cc(C)cc2C)[n-]1.[Cl][Fe+][Cl]. The van der Waals surface area contributed by atoms with Gasteiger partial charge in [-0.25, -0.2) is 0 Å². The summed E-state index contributed by atoms with van der Waals surface area (Å²) >= 11 is 0.194. The van der Waals surface area contributed by atoms with Gasteiger partial charge in [0.15, 0.2) is 0 Å². The van der Waals surface area contributed by atoms with Gasteiger partial charge in [0.05, 0.1) is 12.2 Å². The summed E-state index contributed by atoms with van der Waals surface area (Å²) in [6.45, 7) is 11.0. The van der Waals surface area contributed by atoms with Gasteiger partial charge in [0.25, 0.3) is 0 Å². The fourth-order valence-corrected chi connectivity index (χ4v) is 3.21. The standard InChI is InChI=1S/C24H26N3.2ClH.Fe/c1-16-13-17(2)24(18(3)14-16)26-20(5)23-12-11-22(27-23)19(4)25-15-21-9-7-6-8-10-21;;;/h6-14H,15H2,1-5H3;2*1H;/q-1;;;+3/p-2. The van der Waals surface area contributed by atoms with Crippen molar-refractivity contribution < 1.29 is 13.1 Å². The quantitative estimate of drug-likeness (QED) is 0.282. The zero-order valence-electron chi connectivity index (χ0n) is 17.9. The van der Waals surface area contributed by atoms with E-state index < -0.39 is 0 Å². The molecule has 0 radical (unpaired) electrons. The molecule has 159 valence electrons. The van der Waals surface area contributed by atoms with Crippen molar-refractivity contribution in [3.8, 4) is 0 Å². The fourth-order valence-electron chi connectivity index (χ4n) is 3.21. The number of benzene rings is 2. The van der Waals surface area contributed by atoms with E-state index in [2.05, 4.69) is 50.0 Å². The van der Waals surface area contributed by atoms with Crippen LogP contribution in [0, 0.1) is 20.8 Å². The van der Waals surface area contributed by atoms with Crippen LogP contribution in [-0.4, -0.2) is 11.4 Å². The Morgan fingerprint density at radius 2 is 1.40 bits per heavy atom. The van der Waals surface area contributed by atoms with E-state index in [9.17, 15) is 0 Å². The number of hydrogen-bond acceptors (Lipinski definition) is 2. The van der Waals surface area contributed by atoms with Gasteiger partial charge in [-0.2, -0.15) is 0 Å². The van der Waals surface area contributed by atoms with Crippen LogP contribution in [0.2, 0.25) is 0 Å². The van der Waals surface area contributed by atoms with E-state index in [1.165, 1.54) is 22.3 Å². The van der Waals surface area contributed by atoms with E-state index in [4.69, 9.17) is 30.2 Å². The van der Waals surface area contributed by atoms with Gasteiger partial charge >= 0.3 is 33.3 Å². The summed E-state index contributed by atoms with van der Waals surface area (Å²) in [7, 11) is 9.53. The summed E-state index contributed by atoms with van der Waals surface area (Å²) in [6.07, 6.45) is 0. The molecule has 1 heterocycles. The molecule has 0 aliphatic heterocycles. The van der Waals surface area contributed by atoms with Crippen LogP contribution in [0.15, 0.2) is 64.6 Å². The summed E-state index contributed by atoms with van der Waals surface area (Å²) in [5.41, 5.74) is 9.57. The van der Waals surface area contributed by atoms with Crippen molar-refractivity contribution in [3.63, 3.8) is 0 Å². The fraction of sp³-hybridized carbons (Fsp3) is 0.250. The number of rotatable bonds is 5. The average molecular weight is 483 g/mol. The van der Waals surface area contributed by atoms with E-state index >= 15 is 0 Å². The van der Waals surface area contributed by atoms with Crippen molar-refractivity contribution in [1.82, 2.24) is 4.98 Å². The van der Waals surface area contributed by atoms with Gasteiger partial charge in [-0.05, 0) is 51.3 Å². The molecule has 0 N–H and O–H groups in total. The van der Waals surface area contributed by atoms with Crippen LogP contribution in [0.5, 0.6) is 0 Å². The zero-order chi connectivity index (χ0) is 22.1. The van der Waals surface area contributed by atoms with Crippen LogP contribution in [0.25, 0.3) is 0 Å². The van der Waals surface area contributed by atoms with E-state index in [0.717, 1.165) is 28.5 Å². The normalized spacial score (nSPS) is 11.8. The number of nitrogens with zero attached hydrogens (tertiary/aromatic N) is 3. The monoisotopic (exact) mass is 482 g/mol. The Hall–Kier alpha value is -1.84. The molecular formula is C24H26Cl2FeN3. The molecular weight excluding hydrogens is 457 g/mol. The first-order valence-electron chi connectivity index (χ1n) is 9.53. The van der Waals surface area contributed by atoms with Crippen molar-refractivity contribution in [2.24, 2.45) is 9.98 Å². The third-order valence-corrected chi connectivity index (χ3v) is 4.64. The third-order valence-electron chi connectivity index (χ3n) is 4.64. The van der Waals surface area contributed by atoms with E-state index in [1.54, 1.807) is 0 Å². The van der Waals surface area contributed by atoms with Gasteiger partial charge in [0, 0.05) is 11.4 Å². The van der Waals surface area contributed by atoms with Crippen LogP contribution in [-0.2, 0) is 19.7 Å². The molecule has 0 unspecified atom stereocenters. The Kier molecular flexibility index (Phi) is 9.87. The predicted octanol–water partition coefficient (Wildman–Crippen LogP) is 7.10. The molecule has 1 aromatic heterocycles. The Morgan fingerprint density at radius 3 is 1.97 bits per heavy atom. The second-order valence-electron chi connectivity index (χ2n) is 7.10. The van der Waals surface area contributed by atoms with E-state index in [0.29, 0.717) is 6.54 Å². The summed E-state index contributed by atoms with van der Waals surface area (Å²) in [5.74, 6) is 0. The van der Waals surface area contributed by atoms with Gasteiger partial charge < -0.3 is 4.98 Å². The minimum atomic E-state index is 0.194.